The Bertz CT molecular complexity index is 1080. The lowest BCUT2D eigenvalue weighted by atomic mass is 9.93. The Kier molecular flexibility index (Phi) is 9.33. The highest BCUT2D eigenvalue weighted by Gasteiger charge is 2.16. The fourth-order valence-electron chi connectivity index (χ4n) is 3.76. The molecule has 1 aliphatic rings. The van der Waals surface area contributed by atoms with Crippen LogP contribution in [0.2, 0.25) is 0 Å². The molecule has 0 saturated carbocycles. The van der Waals surface area contributed by atoms with E-state index in [-0.39, 0.29) is 0 Å². The van der Waals surface area contributed by atoms with Gasteiger partial charge in [-0.1, -0.05) is 65.2 Å². The average molecular weight is 462 g/mol. The second kappa shape index (κ2) is 12.4. The maximum Gasteiger partial charge on any atom is 0.350 e. The molecule has 0 spiro atoms. The SMILES string of the molecule is CCO/C(=C/C=C1\CCCC(/C=C/C(=[O+]CC)c2ccc(C)cc2)=C1Cl)c1ccc(C)cc1. The molecular weight excluding hydrogens is 428 g/mol. The topological polar surface area (TPSA) is 20.5 Å². The molecule has 2 aromatic rings. The Hall–Kier alpha value is -2.84. The number of carbonyl (C=O) groups excluding carboxylic acids is 1. The van der Waals surface area contributed by atoms with E-state index in [1.165, 1.54) is 11.1 Å². The molecule has 1 aliphatic carbocycles. The van der Waals surface area contributed by atoms with Crippen LogP contribution in [0.3, 0.4) is 0 Å². The van der Waals surface area contributed by atoms with Crippen LogP contribution >= 0.6 is 11.6 Å². The largest absolute Gasteiger partial charge is 0.493 e. The smallest absolute Gasteiger partial charge is 0.350 e. The lowest BCUT2D eigenvalue weighted by Gasteiger charge is -2.16. The van der Waals surface area contributed by atoms with Crippen molar-refractivity contribution in [2.45, 2.75) is 47.0 Å². The highest BCUT2D eigenvalue weighted by molar-refractivity contribution is 6.32. The average Bonchev–Trinajstić information content (AvgIpc) is 2.82. The zero-order valence-electron chi connectivity index (χ0n) is 20.2. The van der Waals surface area contributed by atoms with E-state index in [0.717, 1.165) is 58.1 Å². The zero-order valence-corrected chi connectivity index (χ0v) is 20.9. The molecule has 172 valence electrons. The van der Waals surface area contributed by atoms with Crippen LogP contribution in [0.4, 0.5) is 0 Å². The van der Waals surface area contributed by atoms with Crippen LogP contribution in [-0.4, -0.2) is 19.0 Å². The van der Waals surface area contributed by atoms with Crippen molar-refractivity contribution in [3.05, 3.63) is 111 Å². The van der Waals surface area contributed by atoms with Crippen LogP contribution in [-0.2, 0) is 4.74 Å². The summed E-state index contributed by atoms with van der Waals surface area (Å²) < 4.78 is 11.8. The fraction of sp³-hybridized carbons (Fsp3) is 0.300. The van der Waals surface area contributed by atoms with Gasteiger partial charge in [-0.3, -0.25) is 4.42 Å². The van der Waals surface area contributed by atoms with Crippen molar-refractivity contribution < 1.29 is 9.16 Å². The number of halogens is 1. The lowest BCUT2D eigenvalue weighted by molar-refractivity contribution is -0.261. The van der Waals surface area contributed by atoms with Crippen LogP contribution in [0.1, 0.15) is 59.8 Å². The molecular formula is C30H34ClO2+. The van der Waals surface area contributed by atoms with Crippen LogP contribution in [0.25, 0.3) is 5.76 Å². The summed E-state index contributed by atoms with van der Waals surface area (Å²) in [5.74, 6) is 1.73. The number of rotatable bonds is 8. The third kappa shape index (κ3) is 7.07. The second-order valence-electron chi connectivity index (χ2n) is 8.21. The molecule has 0 fully saturated rings. The van der Waals surface area contributed by atoms with Crippen LogP contribution in [0, 0.1) is 13.8 Å². The second-order valence-corrected chi connectivity index (χ2v) is 8.59. The molecule has 0 bridgehead atoms. The number of hydrogen-bond acceptors (Lipinski definition) is 1. The summed E-state index contributed by atoms with van der Waals surface area (Å²) in [6.45, 7) is 9.43. The summed E-state index contributed by atoms with van der Waals surface area (Å²) in [6.07, 6.45) is 11.3. The Morgan fingerprint density at radius 2 is 1.58 bits per heavy atom. The van der Waals surface area contributed by atoms with Crippen molar-refractivity contribution in [2.75, 3.05) is 13.2 Å². The molecule has 33 heavy (non-hydrogen) atoms. The van der Waals surface area contributed by atoms with E-state index in [9.17, 15) is 0 Å². The summed E-state index contributed by atoms with van der Waals surface area (Å²) in [7, 11) is 0. The zero-order chi connectivity index (χ0) is 23.6. The van der Waals surface area contributed by atoms with Crippen molar-refractivity contribution >= 4 is 23.1 Å². The minimum atomic E-state index is 0.621. The Labute approximate surface area is 203 Å². The van der Waals surface area contributed by atoms with Gasteiger partial charge >= 0.3 is 5.78 Å². The third-order valence-corrected chi connectivity index (χ3v) is 6.09. The molecule has 0 atom stereocenters. The molecule has 3 heteroatoms. The van der Waals surface area contributed by atoms with Gasteiger partial charge in [-0.15, -0.1) is 0 Å². The minimum Gasteiger partial charge on any atom is -0.493 e. The maximum atomic E-state index is 6.84. The van der Waals surface area contributed by atoms with Crippen LogP contribution in [0.5, 0.6) is 0 Å². The van der Waals surface area contributed by atoms with Gasteiger partial charge in [-0.2, -0.15) is 0 Å². The van der Waals surface area contributed by atoms with E-state index < -0.39 is 0 Å². The first kappa shape index (κ1) is 24.8. The van der Waals surface area contributed by atoms with Gasteiger partial charge in [-0.25, -0.2) is 0 Å². The number of hydrogen-bond donors (Lipinski definition) is 0. The van der Waals surface area contributed by atoms with Gasteiger partial charge < -0.3 is 4.74 Å². The molecule has 0 heterocycles. The van der Waals surface area contributed by atoms with Crippen LogP contribution in [0.15, 0.2) is 89.0 Å². The first-order valence-corrected chi connectivity index (χ1v) is 12.1. The van der Waals surface area contributed by atoms with Crippen molar-refractivity contribution in [1.82, 2.24) is 0 Å². The predicted molar refractivity (Wildman–Crippen MR) is 141 cm³/mol. The van der Waals surface area contributed by atoms with Gasteiger partial charge in [0.05, 0.1) is 12.2 Å². The highest BCUT2D eigenvalue weighted by atomic mass is 35.5. The number of ether oxygens (including phenoxy) is 1. The third-order valence-electron chi connectivity index (χ3n) is 5.60. The van der Waals surface area contributed by atoms with Gasteiger partial charge in [0, 0.05) is 23.6 Å². The summed E-state index contributed by atoms with van der Waals surface area (Å²) in [4.78, 5) is 0. The number of aryl methyl sites for hydroxylation is 2. The Morgan fingerprint density at radius 3 is 2.18 bits per heavy atom. The molecule has 0 aliphatic heterocycles. The summed E-state index contributed by atoms with van der Waals surface area (Å²) in [5.41, 5.74) is 6.89. The van der Waals surface area contributed by atoms with Gasteiger partial charge in [0.15, 0.2) is 0 Å². The highest BCUT2D eigenvalue weighted by Crippen LogP contribution is 2.33. The molecule has 0 amide bonds. The Balaban J connectivity index is 1.87. The monoisotopic (exact) mass is 461 g/mol. The number of ketones is 1. The van der Waals surface area contributed by atoms with Crippen molar-refractivity contribution in [1.29, 1.82) is 0 Å². The quantitative estimate of drug-likeness (QED) is 0.167. The van der Waals surface area contributed by atoms with E-state index >= 15 is 0 Å². The standard InChI is InChI=1S/C30H34ClO2/c1-5-32-28(24-14-10-22(3)11-15-24)20-18-26-8-7-9-27(30(26)31)19-21-29(33-6-2)25-16-12-23(4)13-17-25/h10-21H,5-9H2,1-4H3/q+1/b20-18+,27-19+,29-21+. The molecule has 3 rings (SSSR count). The molecule has 0 unspecified atom stereocenters. The van der Waals surface area contributed by atoms with Gasteiger partial charge in [0.25, 0.3) is 6.61 Å². The normalized spacial score (nSPS) is 16.7. The van der Waals surface area contributed by atoms with E-state index in [1.54, 1.807) is 0 Å². The van der Waals surface area contributed by atoms with Gasteiger partial charge in [0.1, 0.15) is 5.76 Å². The first-order chi connectivity index (χ1) is 16.0. The molecule has 2 nitrogen and oxygen atoms in total. The molecule has 0 radical (unpaired) electrons. The molecule has 0 N–H and O–H groups in total. The molecule has 0 aromatic heterocycles. The van der Waals surface area contributed by atoms with E-state index in [4.69, 9.17) is 20.8 Å². The summed E-state index contributed by atoms with van der Waals surface area (Å²) in [5, 5.41) is 0.827. The first-order valence-electron chi connectivity index (χ1n) is 11.8. The minimum absolute atomic E-state index is 0.621. The fourth-order valence-corrected chi connectivity index (χ4v) is 4.08. The molecule has 2 aromatic carbocycles. The van der Waals surface area contributed by atoms with Crippen LogP contribution < -0.4 is 0 Å². The van der Waals surface area contributed by atoms with Gasteiger partial charge in [-0.05, 0) is 75.5 Å². The lowest BCUT2D eigenvalue weighted by Crippen LogP contribution is -2.01. The van der Waals surface area contributed by atoms with Gasteiger partial charge in [0.2, 0.25) is 0 Å². The maximum absolute atomic E-state index is 6.84. The van der Waals surface area contributed by atoms with E-state index in [0.29, 0.717) is 13.2 Å². The van der Waals surface area contributed by atoms with E-state index in [1.807, 2.05) is 26.0 Å². The Morgan fingerprint density at radius 1 is 0.939 bits per heavy atom. The molecule has 0 saturated heterocycles. The van der Waals surface area contributed by atoms with Crippen molar-refractivity contribution in [3.63, 3.8) is 0 Å². The number of allylic oxidation sites excluding steroid dienone is 7. The van der Waals surface area contributed by atoms with Crippen molar-refractivity contribution in [3.8, 4) is 0 Å². The van der Waals surface area contributed by atoms with Crippen molar-refractivity contribution in [2.24, 2.45) is 0 Å². The predicted octanol–water partition coefficient (Wildman–Crippen LogP) is 8.28. The van der Waals surface area contributed by atoms with E-state index in [2.05, 4.69) is 74.5 Å². The summed E-state index contributed by atoms with van der Waals surface area (Å²) in [6, 6.07) is 16.8. The summed E-state index contributed by atoms with van der Waals surface area (Å²) >= 11 is 6.84. The number of benzene rings is 2.